The number of carbonyl (C=O) groups excluding carboxylic acids is 2. The number of nitrogens with one attached hydrogen (secondary N) is 1. The predicted molar refractivity (Wildman–Crippen MR) is 228 cm³/mol. The van der Waals surface area contributed by atoms with Crippen LogP contribution in [0.3, 0.4) is 0 Å². The lowest BCUT2D eigenvalue weighted by Crippen LogP contribution is -2.23. The normalized spacial score (nSPS) is 11.7. The Bertz CT molecular complexity index is 2270. The van der Waals surface area contributed by atoms with Crippen LogP contribution in [-0.2, 0) is 36.5 Å². The summed E-state index contributed by atoms with van der Waals surface area (Å²) >= 11 is 0. The number of nitrogens with zero attached hydrogens (tertiary/aromatic N) is 2. The van der Waals surface area contributed by atoms with Gasteiger partial charge in [-0.05, 0) is 65.8 Å². The SMILES string of the molecule is CCOP(=O)(Cn1ccc(NC(=O)c2cc(OCC(F)(F)c3ccccc3)cc(OC(C)C)c2)n1)OCC.COC(=O)c1cc(OCC(F)(F)c2ccccc2)cc(OC(C)C)c1. The maximum absolute atomic E-state index is 14.6. The summed E-state index contributed by atoms with van der Waals surface area (Å²) in [5.41, 5.74) is -0.0390. The van der Waals surface area contributed by atoms with Crippen molar-refractivity contribution in [3.8, 4) is 23.0 Å². The maximum atomic E-state index is 14.6. The van der Waals surface area contributed by atoms with Crippen LogP contribution in [-0.4, -0.2) is 67.4 Å². The first-order chi connectivity index (χ1) is 29.8. The van der Waals surface area contributed by atoms with Crippen molar-refractivity contribution >= 4 is 25.3 Å². The molecule has 340 valence electrons. The average Bonchev–Trinajstić information content (AvgIpc) is 3.67. The van der Waals surface area contributed by atoms with Gasteiger partial charge in [0.05, 0.1) is 38.1 Å². The molecule has 5 aromatic rings. The minimum absolute atomic E-state index is 0.0452. The summed E-state index contributed by atoms with van der Waals surface area (Å²) in [6.07, 6.45) is 1.02. The molecule has 0 fully saturated rings. The Morgan fingerprint density at radius 1 is 0.683 bits per heavy atom. The largest absolute Gasteiger partial charge is 0.491 e. The van der Waals surface area contributed by atoms with Gasteiger partial charge >= 0.3 is 25.4 Å². The number of aromatic nitrogens is 2. The van der Waals surface area contributed by atoms with Crippen molar-refractivity contribution in [2.45, 2.75) is 71.9 Å². The van der Waals surface area contributed by atoms with E-state index in [-0.39, 0.29) is 77.0 Å². The van der Waals surface area contributed by atoms with Gasteiger partial charge in [-0.1, -0.05) is 60.7 Å². The molecule has 0 atom stereocenters. The topological polar surface area (TPSA) is 146 Å². The second-order valence-electron chi connectivity index (χ2n) is 14.2. The monoisotopic (exact) mass is 901 g/mol. The quantitative estimate of drug-likeness (QED) is 0.0426. The zero-order chi connectivity index (χ0) is 46.2. The molecule has 18 heteroatoms. The molecule has 1 N–H and O–H groups in total. The molecular weight excluding hydrogens is 849 g/mol. The molecule has 0 radical (unpaired) electrons. The van der Waals surface area contributed by atoms with Crippen LogP contribution in [0.25, 0.3) is 0 Å². The highest BCUT2D eigenvalue weighted by atomic mass is 31.2. The molecule has 4 aromatic carbocycles. The highest BCUT2D eigenvalue weighted by Crippen LogP contribution is 2.49. The second-order valence-corrected chi connectivity index (χ2v) is 16.2. The van der Waals surface area contributed by atoms with Crippen LogP contribution in [0.2, 0.25) is 0 Å². The number of rotatable bonds is 21. The molecule has 0 saturated carbocycles. The van der Waals surface area contributed by atoms with Crippen LogP contribution in [0.1, 0.15) is 73.4 Å². The van der Waals surface area contributed by atoms with E-state index < -0.39 is 44.5 Å². The standard InChI is InChI=1S/C26H32F2N3O6P.C19H20F2O4/c1-5-35-38(33,36-6-2)18-31-13-12-24(30-31)29-25(32)20-14-22(16-23(15-20)37-19(3)4)34-17-26(27,28)21-10-8-7-9-11-21;1-13(2)25-17-10-14(18(22)23-3)9-16(11-17)24-12-19(20,21)15-7-5-4-6-8-15/h7-16,19H,5-6,17-18H2,1-4H3,(H,29,30,32);4-11,13H,12H2,1-3H3. The van der Waals surface area contributed by atoms with Gasteiger partial charge in [-0.15, -0.1) is 0 Å². The third-order valence-electron chi connectivity index (χ3n) is 8.27. The fourth-order valence-corrected chi connectivity index (χ4v) is 7.16. The van der Waals surface area contributed by atoms with Crippen LogP contribution in [0.5, 0.6) is 23.0 Å². The molecule has 0 bridgehead atoms. The zero-order valence-corrected chi connectivity index (χ0v) is 36.9. The smallest absolute Gasteiger partial charge is 0.351 e. The minimum Gasteiger partial charge on any atom is -0.491 e. The van der Waals surface area contributed by atoms with Gasteiger partial charge in [0.1, 0.15) is 29.3 Å². The molecule has 1 amide bonds. The molecule has 0 saturated heterocycles. The Kier molecular flexibility index (Phi) is 18.1. The van der Waals surface area contributed by atoms with E-state index in [4.69, 9.17) is 28.0 Å². The number of halogens is 4. The predicted octanol–water partition coefficient (Wildman–Crippen LogP) is 10.7. The number of anilines is 1. The number of ether oxygens (including phenoxy) is 5. The number of carbonyl (C=O) groups is 2. The van der Waals surface area contributed by atoms with E-state index in [2.05, 4.69) is 15.2 Å². The number of amides is 1. The third-order valence-corrected chi connectivity index (χ3v) is 10.2. The van der Waals surface area contributed by atoms with Crippen molar-refractivity contribution in [1.82, 2.24) is 9.78 Å². The first kappa shape index (κ1) is 49.8. The van der Waals surface area contributed by atoms with Crippen molar-refractivity contribution in [1.29, 1.82) is 0 Å². The number of esters is 1. The molecule has 1 heterocycles. The molecule has 0 unspecified atom stereocenters. The van der Waals surface area contributed by atoms with Crippen LogP contribution in [0.4, 0.5) is 23.4 Å². The lowest BCUT2D eigenvalue weighted by Gasteiger charge is -2.19. The maximum Gasteiger partial charge on any atom is 0.351 e. The molecule has 0 spiro atoms. The minimum atomic E-state index is -3.40. The summed E-state index contributed by atoms with van der Waals surface area (Å²) in [6.45, 7) is 9.27. The van der Waals surface area contributed by atoms with Gasteiger partial charge in [0.25, 0.3) is 5.91 Å². The summed E-state index contributed by atoms with van der Waals surface area (Å²) in [7, 11) is -2.16. The van der Waals surface area contributed by atoms with Crippen molar-refractivity contribution in [3.63, 3.8) is 0 Å². The van der Waals surface area contributed by atoms with Gasteiger partial charge in [0, 0.05) is 41.1 Å². The lowest BCUT2D eigenvalue weighted by molar-refractivity contribution is -0.0470. The summed E-state index contributed by atoms with van der Waals surface area (Å²) in [5.74, 6) is -6.62. The van der Waals surface area contributed by atoms with E-state index >= 15 is 0 Å². The van der Waals surface area contributed by atoms with Crippen molar-refractivity contribution in [3.05, 3.63) is 132 Å². The van der Waals surface area contributed by atoms with Crippen molar-refractivity contribution < 1.29 is 64.4 Å². The Balaban J connectivity index is 0.000000302. The summed E-state index contributed by atoms with van der Waals surface area (Å²) in [5, 5.41) is 6.84. The highest BCUT2D eigenvalue weighted by molar-refractivity contribution is 7.52. The molecule has 5 rings (SSSR count). The lowest BCUT2D eigenvalue weighted by atomic mass is 10.1. The van der Waals surface area contributed by atoms with Crippen molar-refractivity contribution in [2.75, 3.05) is 38.9 Å². The van der Waals surface area contributed by atoms with Gasteiger partial charge in [-0.2, -0.15) is 22.7 Å². The Morgan fingerprint density at radius 2 is 1.13 bits per heavy atom. The van der Waals surface area contributed by atoms with Gasteiger partial charge in [-0.3, -0.25) is 14.0 Å². The molecule has 63 heavy (non-hydrogen) atoms. The van der Waals surface area contributed by atoms with Crippen LogP contribution in [0, 0.1) is 0 Å². The number of benzene rings is 4. The fraction of sp³-hybridized carbons (Fsp3) is 0.356. The first-order valence-corrected chi connectivity index (χ1v) is 21.6. The van der Waals surface area contributed by atoms with E-state index in [1.807, 2.05) is 13.8 Å². The Morgan fingerprint density at radius 3 is 1.57 bits per heavy atom. The second kappa shape index (κ2) is 23.0. The third kappa shape index (κ3) is 15.8. The number of alkyl halides is 4. The Hall–Kier alpha value is -5.90. The van der Waals surface area contributed by atoms with E-state index in [0.29, 0.717) is 5.75 Å². The highest BCUT2D eigenvalue weighted by Gasteiger charge is 2.34. The summed E-state index contributed by atoms with van der Waals surface area (Å²) < 4.78 is 109. The van der Waals surface area contributed by atoms with Gasteiger partial charge in [-0.25, -0.2) is 4.79 Å². The van der Waals surface area contributed by atoms with E-state index in [1.165, 1.54) is 109 Å². The molecule has 0 aliphatic rings. The molecule has 0 aliphatic carbocycles. The van der Waals surface area contributed by atoms with E-state index in [9.17, 15) is 31.7 Å². The molecule has 1 aromatic heterocycles. The first-order valence-electron chi connectivity index (χ1n) is 19.9. The molecule has 13 nitrogen and oxygen atoms in total. The van der Waals surface area contributed by atoms with E-state index in [1.54, 1.807) is 39.8 Å². The molecule has 0 aliphatic heterocycles. The number of hydrogen-bond acceptors (Lipinski definition) is 11. The summed E-state index contributed by atoms with van der Waals surface area (Å²) in [4.78, 5) is 24.7. The summed E-state index contributed by atoms with van der Waals surface area (Å²) in [6, 6.07) is 24.8. The Labute approximate surface area is 364 Å². The van der Waals surface area contributed by atoms with Crippen molar-refractivity contribution in [2.24, 2.45) is 0 Å². The van der Waals surface area contributed by atoms with Crippen LogP contribution < -0.4 is 24.3 Å². The number of methoxy groups -OCH3 is 1. The van der Waals surface area contributed by atoms with Gasteiger partial charge in [0.15, 0.2) is 19.0 Å². The van der Waals surface area contributed by atoms with E-state index in [0.717, 1.165) is 0 Å². The molecular formula is C45H52F4N3O10P. The van der Waals surface area contributed by atoms with Gasteiger partial charge < -0.3 is 38.0 Å². The average molecular weight is 902 g/mol. The van der Waals surface area contributed by atoms with Crippen LogP contribution >= 0.6 is 7.60 Å². The number of hydrogen-bond donors (Lipinski definition) is 1. The van der Waals surface area contributed by atoms with Crippen LogP contribution in [0.15, 0.2) is 109 Å². The van der Waals surface area contributed by atoms with Gasteiger partial charge in [0.2, 0.25) is 0 Å². The fourth-order valence-electron chi connectivity index (χ4n) is 5.62. The zero-order valence-electron chi connectivity index (χ0n) is 36.0.